The molecule has 1 aliphatic heterocycles. The molecule has 1 N–H and O–H groups in total. The van der Waals surface area contributed by atoms with Gasteiger partial charge in [0.1, 0.15) is 5.75 Å². The van der Waals surface area contributed by atoms with Gasteiger partial charge in [-0.1, -0.05) is 25.1 Å². The van der Waals surface area contributed by atoms with Gasteiger partial charge in [-0.05, 0) is 92.8 Å². The third-order valence-electron chi connectivity index (χ3n) is 8.62. The number of piperidine rings is 1. The molecule has 5 rings (SSSR count). The molecule has 1 heterocycles. The van der Waals surface area contributed by atoms with E-state index in [9.17, 15) is 9.59 Å². The lowest BCUT2D eigenvalue weighted by atomic mass is 9.56. The van der Waals surface area contributed by atoms with Gasteiger partial charge in [-0.15, -0.1) is 0 Å². The molecule has 5 heteroatoms. The highest BCUT2D eigenvalue weighted by Gasteiger charge is 2.51. The zero-order valence-electron chi connectivity index (χ0n) is 20.6. The number of ketones is 1. The number of ether oxygens (including phenoxy) is 1. The third kappa shape index (κ3) is 4.26. The topological polar surface area (TPSA) is 58.6 Å². The molecule has 5 nitrogen and oxygen atoms in total. The van der Waals surface area contributed by atoms with E-state index in [4.69, 9.17) is 4.74 Å². The minimum absolute atomic E-state index is 0.0286. The molecule has 2 fully saturated rings. The minimum atomic E-state index is -0.114. The van der Waals surface area contributed by atoms with E-state index >= 15 is 0 Å². The fraction of sp³-hybridized carbons (Fsp3) is 0.517. The molecule has 2 aromatic rings. The Bertz CT molecular complexity index is 1090. The third-order valence-corrected chi connectivity index (χ3v) is 8.62. The fourth-order valence-corrected chi connectivity index (χ4v) is 6.38. The number of rotatable bonds is 8. The number of hydrogen-bond acceptors (Lipinski definition) is 4. The van der Waals surface area contributed by atoms with Crippen molar-refractivity contribution in [3.05, 3.63) is 64.7 Å². The van der Waals surface area contributed by atoms with Gasteiger partial charge in [0, 0.05) is 35.7 Å². The number of carbonyl (C=O) groups is 2. The van der Waals surface area contributed by atoms with E-state index in [0.717, 1.165) is 37.5 Å². The number of methoxy groups -OCH3 is 1. The summed E-state index contributed by atoms with van der Waals surface area (Å²) in [6, 6.07) is 14.1. The minimum Gasteiger partial charge on any atom is -0.497 e. The average Bonchev–Trinajstić information content (AvgIpc) is 3.66. The maximum atomic E-state index is 12.9. The number of nitrogens with zero attached hydrogens (tertiary/aromatic N) is 1. The largest absolute Gasteiger partial charge is 0.497 e. The molecule has 2 aliphatic carbocycles. The number of amides is 1. The first kappa shape index (κ1) is 23.1. The summed E-state index contributed by atoms with van der Waals surface area (Å²) < 4.78 is 5.60. The highest BCUT2D eigenvalue weighted by Crippen LogP contribution is 2.52. The van der Waals surface area contributed by atoms with E-state index in [2.05, 4.69) is 35.3 Å². The Balaban J connectivity index is 1.37. The average molecular weight is 461 g/mol. The molecule has 0 aromatic heterocycles. The first-order chi connectivity index (χ1) is 16.4. The Labute approximate surface area is 202 Å². The van der Waals surface area contributed by atoms with E-state index in [1.54, 1.807) is 31.4 Å². The molecule has 1 saturated heterocycles. The fourth-order valence-electron chi connectivity index (χ4n) is 6.38. The van der Waals surface area contributed by atoms with Crippen molar-refractivity contribution >= 4 is 11.7 Å². The van der Waals surface area contributed by atoms with Gasteiger partial charge in [-0.25, -0.2) is 0 Å². The van der Waals surface area contributed by atoms with Crippen molar-refractivity contribution in [1.82, 2.24) is 10.2 Å². The van der Waals surface area contributed by atoms with Gasteiger partial charge in [0.25, 0.3) is 5.91 Å². The molecule has 1 amide bonds. The number of benzene rings is 2. The number of carbonyl (C=O) groups excluding carboxylic acids is 2. The first-order valence-corrected chi connectivity index (χ1v) is 12.7. The van der Waals surface area contributed by atoms with Crippen LogP contribution in [0.2, 0.25) is 0 Å². The van der Waals surface area contributed by atoms with Gasteiger partial charge >= 0.3 is 0 Å². The summed E-state index contributed by atoms with van der Waals surface area (Å²) in [7, 11) is 1.73. The van der Waals surface area contributed by atoms with Crippen LogP contribution in [-0.4, -0.2) is 49.4 Å². The van der Waals surface area contributed by atoms with Crippen molar-refractivity contribution in [1.29, 1.82) is 0 Å². The maximum Gasteiger partial charge on any atom is 0.251 e. The quantitative estimate of drug-likeness (QED) is 0.584. The van der Waals surface area contributed by atoms with E-state index in [1.165, 1.54) is 37.4 Å². The number of Topliss-reactive ketones (excluding diaryl/α,β-unsaturated/α-hetero) is 1. The molecule has 0 spiro atoms. The molecule has 3 atom stereocenters. The Morgan fingerprint density at radius 1 is 1.15 bits per heavy atom. The normalized spacial score (nSPS) is 26.0. The monoisotopic (exact) mass is 460 g/mol. The van der Waals surface area contributed by atoms with Gasteiger partial charge in [0.05, 0.1) is 7.11 Å². The van der Waals surface area contributed by atoms with Crippen LogP contribution in [0.4, 0.5) is 0 Å². The van der Waals surface area contributed by atoms with Gasteiger partial charge in [-0.3, -0.25) is 14.5 Å². The maximum absolute atomic E-state index is 12.9. The van der Waals surface area contributed by atoms with Crippen molar-refractivity contribution in [3.63, 3.8) is 0 Å². The van der Waals surface area contributed by atoms with Gasteiger partial charge in [0.2, 0.25) is 0 Å². The van der Waals surface area contributed by atoms with Crippen molar-refractivity contribution < 1.29 is 14.3 Å². The number of fused-ring (bicyclic) bond motifs is 4. The Hall–Kier alpha value is -2.66. The van der Waals surface area contributed by atoms with Crippen molar-refractivity contribution in [3.8, 4) is 5.75 Å². The number of nitrogens with one attached hydrogen (secondary N) is 1. The second kappa shape index (κ2) is 9.18. The van der Waals surface area contributed by atoms with Crippen LogP contribution in [-0.2, 0) is 11.8 Å². The zero-order valence-corrected chi connectivity index (χ0v) is 20.6. The van der Waals surface area contributed by atoms with Crippen LogP contribution < -0.4 is 10.1 Å². The van der Waals surface area contributed by atoms with Gasteiger partial charge < -0.3 is 10.1 Å². The summed E-state index contributed by atoms with van der Waals surface area (Å²) >= 11 is 0. The van der Waals surface area contributed by atoms with Gasteiger partial charge in [-0.2, -0.15) is 0 Å². The molecular formula is C29H36N2O3. The van der Waals surface area contributed by atoms with Crippen LogP contribution in [0.5, 0.6) is 5.75 Å². The lowest BCUT2D eigenvalue weighted by Crippen LogP contribution is -2.60. The van der Waals surface area contributed by atoms with E-state index < -0.39 is 0 Å². The molecule has 2 aromatic carbocycles. The molecule has 0 unspecified atom stereocenters. The number of likely N-dealkylation sites (tertiary alicyclic amines) is 1. The van der Waals surface area contributed by atoms with Crippen molar-refractivity contribution in [2.75, 3.05) is 26.7 Å². The van der Waals surface area contributed by atoms with Crippen LogP contribution in [0.25, 0.3) is 0 Å². The molecule has 34 heavy (non-hydrogen) atoms. The highest BCUT2D eigenvalue weighted by molar-refractivity contribution is 5.99. The molecule has 2 bridgehead atoms. The molecule has 0 radical (unpaired) electrons. The van der Waals surface area contributed by atoms with Crippen molar-refractivity contribution in [2.24, 2.45) is 11.8 Å². The van der Waals surface area contributed by atoms with Crippen molar-refractivity contribution in [2.45, 2.75) is 57.4 Å². The summed E-state index contributed by atoms with van der Waals surface area (Å²) in [6.45, 7) is 6.92. The smallest absolute Gasteiger partial charge is 0.251 e. The molecule has 3 aliphatic rings. The van der Waals surface area contributed by atoms with E-state index in [0.29, 0.717) is 29.6 Å². The number of hydrogen-bond donors (Lipinski definition) is 1. The summed E-state index contributed by atoms with van der Waals surface area (Å²) in [5, 5.41) is 3.15. The Morgan fingerprint density at radius 3 is 2.68 bits per heavy atom. The highest BCUT2D eigenvalue weighted by atomic mass is 16.5. The zero-order chi connectivity index (χ0) is 23.9. The molecule has 1 saturated carbocycles. The van der Waals surface area contributed by atoms with Crippen LogP contribution in [0.15, 0.2) is 42.5 Å². The van der Waals surface area contributed by atoms with E-state index in [1.807, 2.05) is 0 Å². The first-order valence-electron chi connectivity index (χ1n) is 12.7. The summed E-state index contributed by atoms with van der Waals surface area (Å²) in [6.07, 6.45) is 5.87. The van der Waals surface area contributed by atoms with E-state index in [-0.39, 0.29) is 17.1 Å². The van der Waals surface area contributed by atoms with Gasteiger partial charge in [0.15, 0.2) is 5.78 Å². The Kier molecular flexibility index (Phi) is 6.24. The van der Waals surface area contributed by atoms with Crippen LogP contribution in [0.1, 0.15) is 71.4 Å². The second-order valence-electron chi connectivity index (χ2n) is 10.6. The predicted octanol–water partition coefficient (Wildman–Crippen LogP) is 4.63. The second-order valence-corrected chi connectivity index (χ2v) is 10.6. The van der Waals surface area contributed by atoms with Crippen LogP contribution >= 0.6 is 0 Å². The summed E-state index contributed by atoms with van der Waals surface area (Å²) in [5.74, 6) is 2.17. The Morgan fingerprint density at radius 2 is 1.94 bits per heavy atom. The lowest BCUT2D eigenvalue weighted by Gasteiger charge is -2.56. The molecular weight excluding hydrogens is 424 g/mol. The summed E-state index contributed by atoms with van der Waals surface area (Å²) in [4.78, 5) is 27.4. The predicted molar refractivity (Wildman–Crippen MR) is 134 cm³/mol. The molecule has 180 valence electrons. The lowest BCUT2D eigenvalue weighted by molar-refractivity contribution is 0.0159. The van der Waals surface area contributed by atoms with Crippen LogP contribution in [0, 0.1) is 11.8 Å². The standard InChI is InChI=1S/C29H36N2O3/c1-19-27-16-23-9-10-25(34-3)17-26(23)29(19,12-14-31(27)18-21-7-8-21)11-13-30-28(33)24-6-4-5-22(15-24)20(2)32/h4-6,9-10,15,17,19,21,27H,7-8,11-14,16,18H2,1-3H3,(H,30,33)/t19-,27+,29+/m0/s1. The SMILES string of the molecule is COc1ccc2c(c1)[C@]1(CCNC(=O)c3cccc(C(C)=O)c3)CCN(CC3CC3)[C@H](C2)[C@@H]1C. The van der Waals surface area contributed by atoms with Crippen LogP contribution in [0.3, 0.4) is 0 Å². The summed E-state index contributed by atoms with van der Waals surface area (Å²) in [5.41, 5.74) is 3.99.